The minimum absolute atomic E-state index is 0.0555. The number of amides is 1. The van der Waals surface area contributed by atoms with Gasteiger partial charge in [0.15, 0.2) is 6.61 Å². The first-order valence-corrected chi connectivity index (χ1v) is 9.43. The number of esters is 1. The summed E-state index contributed by atoms with van der Waals surface area (Å²) in [6.07, 6.45) is 2.75. The quantitative estimate of drug-likeness (QED) is 0.593. The summed E-state index contributed by atoms with van der Waals surface area (Å²) < 4.78 is 10.3. The molecule has 148 valence electrons. The molecule has 1 aliphatic rings. The van der Waals surface area contributed by atoms with Crippen molar-refractivity contribution in [3.8, 4) is 11.5 Å². The first-order chi connectivity index (χ1) is 14.2. The highest BCUT2D eigenvalue weighted by Gasteiger charge is 2.21. The lowest BCUT2D eigenvalue weighted by Gasteiger charge is -2.28. The number of aryl methyl sites for hydroxylation is 1. The number of fused-ring (bicyclic) bond motifs is 1. The Kier molecular flexibility index (Phi) is 5.60. The molecule has 8 nitrogen and oxygen atoms in total. The molecule has 0 fully saturated rings. The van der Waals surface area contributed by atoms with Crippen molar-refractivity contribution in [1.29, 1.82) is 0 Å². The Morgan fingerprint density at radius 3 is 2.76 bits per heavy atom. The molecule has 29 heavy (non-hydrogen) atoms. The number of carbonyl (C=O) groups is 2. The standard InChI is InChI=1S/C21H20N4O4/c26-19(25-12-10-15-5-1-2-6-16(15)13-25)14-28-20(27)9-8-18-23-21(24-29-18)17-7-3-4-11-22-17/h1-7,11H,8-10,12-14H2. The Balaban J connectivity index is 1.23. The summed E-state index contributed by atoms with van der Waals surface area (Å²) in [5, 5.41) is 3.86. The Labute approximate surface area is 167 Å². The summed E-state index contributed by atoms with van der Waals surface area (Å²) in [5.41, 5.74) is 3.00. The van der Waals surface area contributed by atoms with E-state index in [4.69, 9.17) is 9.26 Å². The fraction of sp³-hybridized carbons (Fsp3) is 0.286. The van der Waals surface area contributed by atoms with Crippen molar-refractivity contribution in [2.45, 2.75) is 25.8 Å². The van der Waals surface area contributed by atoms with Crippen LogP contribution >= 0.6 is 0 Å². The lowest BCUT2D eigenvalue weighted by molar-refractivity contribution is -0.152. The maximum absolute atomic E-state index is 12.3. The number of nitrogens with zero attached hydrogens (tertiary/aromatic N) is 4. The Morgan fingerprint density at radius 2 is 1.93 bits per heavy atom. The molecule has 3 heterocycles. The SMILES string of the molecule is O=C(CCc1nc(-c2ccccn2)no1)OCC(=O)N1CCc2ccccc2C1. The average molecular weight is 392 g/mol. The Bertz CT molecular complexity index is 1000. The summed E-state index contributed by atoms with van der Waals surface area (Å²) in [6, 6.07) is 13.5. The highest BCUT2D eigenvalue weighted by molar-refractivity contribution is 5.81. The number of ether oxygens (including phenoxy) is 1. The van der Waals surface area contributed by atoms with Gasteiger partial charge >= 0.3 is 5.97 Å². The van der Waals surface area contributed by atoms with Crippen molar-refractivity contribution in [2.75, 3.05) is 13.2 Å². The zero-order chi connectivity index (χ0) is 20.1. The molecule has 0 N–H and O–H groups in total. The van der Waals surface area contributed by atoms with Gasteiger partial charge in [-0.2, -0.15) is 4.98 Å². The molecule has 8 heteroatoms. The molecule has 0 spiro atoms. The predicted octanol–water partition coefficient (Wildman–Crippen LogP) is 2.19. The maximum Gasteiger partial charge on any atom is 0.306 e. The number of pyridine rings is 1. The average Bonchev–Trinajstić information content (AvgIpc) is 3.25. The molecule has 0 radical (unpaired) electrons. The van der Waals surface area contributed by atoms with Gasteiger partial charge in [-0.25, -0.2) is 0 Å². The van der Waals surface area contributed by atoms with Crippen LogP contribution in [-0.4, -0.2) is 45.1 Å². The van der Waals surface area contributed by atoms with Gasteiger partial charge in [-0.1, -0.05) is 35.5 Å². The van der Waals surface area contributed by atoms with Crippen molar-refractivity contribution in [1.82, 2.24) is 20.0 Å². The van der Waals surface area contributed by atoms with Crippen molar-refractivity contribution in [3.63, 3.8) is 0 Å². The third-order valence-electron chi connectivity index (χ3n) is 4.75. The van der Waals surface area contributed by atoms with Crippen LogP contribution in [0.2, 0.25) is 0 Å². The van der Waals surface area contributed by atoms with E-state index in [-0.39, 0.29) is 25.4 Å². The summed E-state index contributed by atoms with van der Waals surface area (Å²) in [7, 11) is 0. The van der Waals surface area contributed by atoms with Crippen LogP contribution in [0.5, 0.6) is 0 Å². The van der Waals surface area contributed by atoms with Gasteiger partial charge in [0.25, 0.3) is 5.91 Å². The zero-order valence-electron chi connectivity index (χ0n) is 15.8. The van der Waals surface area contributed by atoms with Crippen LogP contribution in [0.4, 0.5) is 0 Å². The molecule has 0 bridgehead atoms. The van der Waals surface area contributed by atoms with Crippen molar-refractivity contribution in [3.05, 3.63) is 65.7 Å². The molecule has 0 unspecified atom stereocenters. The van der Waals surface area contributed by atoms with E-state index >= 15 is 0 Å². The molecule has 1 amide bonds. The number of carbonyl (C=O) groups excluding carboxylic acids is 2. The summed E-state index contributed by atoms with van der Waals surface area (Å²) >= 11 is 0. The van der Waals surface area contributed by atoms with Gasteiger partial charge in [-0.3, -0.25) is 14.6 Å². The van der Waals surface area contributed by atoms with Gasteiger partial charge in [0.1, 0.15) is 5.69 Å². The van der Waals surface area contributed by atoms with E-state index in [9.17, 15) is 9.59 Å². The molecule has 3 aromatic rings. The summed E-state index contributed by atoms with van der Waals surface area (Å²) in [6.45, 7) is 0.917. The van der Waals surface area contributed by atoms with E-state index in [1.54, 1.807) is 23.2 Å². The molecule has 4 rings (SSSR count). The highest BCUT2D eigenvalue weighted by atomic mass is 16.5. The van der Waals surface area contributed by atoms with E-state index < -0.39 is 5.97 Å². The van der Waals surface area contributed by atoms with Crippen LogP contribution in [-0.2, 0) is 33.7 Å². The fourth-order valence-electron chi connectivity index (χ4n) is 3.18. The van der Waals surface area contributed by atoms with E-state index in [0.717, 1.165) is 12.0 Å². The second-order valence-electron chi connectivity index (χ2n) is 6.72. The topological polar surface area (TPSA) is 98.4 Å². The van der Waals surface area contributed by atoms with Gasteiger partial charge in [0, 0.05) is 25.7 Å². The molecule has 0 aliphatic carbocycles. The number of aromatic nitrogens is 3. The predicted molar refractivity (Wildman–Crippen MR) is 102 cm³/mol. The third kappa shape index (κ3) is 4.66. The minimum Gasteiger partial charge on any atom is -0.456 e. The monoisotopic (exact) mass is 392 g/mol. The molecule has 0 saturated heterocycles. The van der Waals surface area contributed by atoms with Gasteiger partial charge in [0.05, 0.1) is 6.42 Å². The number of benzene rings is 1. The third-order valence-corrected chi connectivity index (χ3v) is 4.75. The van der Waals surface area contributed by atoms with E-state index in [2.05, 4.69) is 21.2 Å². The van der Waals surface area contributed by atoms with Crippen LogP contribution in [0.15, 0.2) is 53.2 Å². The molecule has 0 saturated carbocycles. The molecule has 2 aromatic heterocycles. The van der Waals surface area contributed by atoms with Crippen molar-refractivity contribution >= 4 is 11.9 Å². The first kappa shape index (κ1) is 18.8. The fourth-order valence-corrected chi connectivity index (χ4v) is 3.18. The van der Waals surface area contributed by atoms with E-state index in [0.29, 0.717) is 30.5 Å². The second kappa shape index (κ2) is 8.64. The number of hydrogen-bond donors (Lipinski definition) is 0. The molecule has 1 aliphatic heterocycles. The smallest absolute Gasteiger partial charge is 0.306 e. The maximum atomic E-state index is 12.3. The number of rotatable bonds is 6. The van der Waals surface area contributed by atoms with E-state index in [1.165, 1.54) is 5.56 Å². The number of hydrogen-bond acceptors (Lipinski definition) is 7. The van der Waals surface area contributed by atoms with E-state index in [1.807, 2.05) is 24.3 Å². The van der Waals surface area contributed by atoms with Crippen molar-refractivity contribution in [2.24, 2.45) is 0 Å². The second-order valence-corrected chi connectivity index (χ2v) is 6.72. The van der Waals surface area contributed by atoms with Crippen LogP contribution in [0.1, 0.15) is 23.4 Å². The summed E-state index contributed by atoms with van der Waals surface area (Å²) in [4.78, 5) is 34.4. The largest absolute Gasteiger partial charge is 0.456 e. The molecular formula is C21H20N4O4. The lowest BCUT2D eigenvalue weighted by atomic mass is 10.00. The Hall–Kier alpha value is -3.55. The van der Waals surface area contributed by atoms with Gasteiger partial charge in [0.2, 0.25) is 11.7 Å². The zero-order valence-corrected chi connectivity index (χ0v) is 15.8. The minimum atomic E-state index is -0.478. The van der Waals surface area contributed by atoms with Gasteiger partial charge in [-0.15, -0.1) is 0 Å². The van der Waals surface area contributed by atoms with Crippen LogP contribution in [0, 0.1) is 0 Å². The van der Waals surface area contributed by atoms with Crippen LogP contribution in [0.25, 0.3) is 11.5 Å². The Morgan fingerprint density at radius 1 is 1.10 bits per heavy atom. The van der Waals surface area contributed by atoms with Gasteiger partial charge in [-0.05, 0) is 29.7 Å². The lowest BCUT2D eigenvalue weighted by Crippen LogP contribution is -2.38. The highest BCUT2D eigenvalue weighted by Crippen LogP contribution is 2.18. The molecule has 0 atom stereocenters. The normalized spacial score (nSPS) is 13.0. The molecule has 1 aromatic carbocycles. The first-order valence-electron chi connectivity index (χ1n) is 9.43. The van der Waals surface area contributed by atoms with Crippen LogP contribution < -0.4 is 0 Å². The summed E-state index contributed by atoms with van der Waals surface area (Å²) in [5.74, 6) is 0.0209. The van der Waals surface area contributed by atoms with Gasteiger partial charge < -0.3 is 14.2 Å². The molecular weight excluding hydrogens is 372 g/mol. The van der Waals surface area contributed by atoms with Crippen LogP contribution in [0.3, 0.4) is 0 Å². The van der Waals surface area contributed by atoms with Crippen molar-refractivity contribution < 1.29 is 18.8 Å².